The van der Waals surface area contributed by atoms with Crippen molar-refractivity contribution in [1.29, 1.82) is 0 Å². The lowest BCUT2D eigenvalue weighted by Crippen LogP contribution is -2.42. The van der Waals surface area contributed by atoms with Gasteiger partial charge in [-0.3, -0.25) is 4.79 Å². The molecule has 0 N–H and O–H groups in total. The summed E-state index contributed by atoms with van der Waals surface area (Å²) in [6, 6.07) is 11.6. The van der Waals surface area contributed by atoms with Crippen LogP contribution in [0.1, 0.15) is 11.6 Å². The van der Waals surface area contributed by atoms with Crippen molar-refractivity contribution >= 4 is 29.1 Å². The van der Waals surface area contributed by atoms with Gasteiger partial charge in [0.2, 0.25) is 5.91 Å². The third-order valence-electron chi connectivity index (χ3n) is 4.28. The molecule has 6 heteroatoms. The second-order valence-corrected chi connectivity index (χ2v) is 5.89. The minimum absolute atomic E-state index is 0.0825. The molecule has 25 heavy (non-hydrogen) atoms. The van der Waals surface area contributed by atoms with Crippen LogP contribution >= 0.6 is 0 Å². The van der Waals surface area contributed by atoms with Crippen molar-refractivity contribution in [2.24, 2.45) is 0 Å². The Morgan fingerprint density at radius 3 is 2.76 bits per heavy atom. The quantitative estimate of drug-likeness (QED) is 0.734. The van der Waals surface area contributed by atoms with Gasteiger partial charge in [0.25, 0.3) is 0 Å². The highest BCUT2D eigenvalue weighted by Crippen LogP contribution is 2.18. The number of nitrogens with zero attached hydrogens (tertiary/aromatic N) is 3. The van der Waals surface area contributed by atoms with E-state index in [4.69, 9.17) is 9.15 Å². The Hall–Kier alpha value is -2.86. The van der Waals surface area contributed by atoms with Gasteiger partial charge < -0.3 is 18.6 Å². The van der Waals surface area contributed by atoms with Crippen molar-refractivity contribution in [1.82, 2.24) is 14.5 Å². The number of carbonyl (C=O) groups excluding carboxylic acids is 1. The highest BCUT2D eigenvalue weighted by molar-refractivity contribution is 5.83. The van der Waals surface area contributed by atoms with Crippen LogP contribution in [0.4, 0.5) is 0 Å². The lowest BCUT2D eigenvalue weighted by Gasteiger charge is -2.27. The third kappa shape index (κ3) is 3.34. The minimum atomic E-state index is 0.0825. The molecule has 4 rings (SSSR count). The molecule has 6 nitrogen and oxygen atoms in total. The standard InChI is InChI=1S/C19H19N3O3/c23-19(21-9-12-24-13-10-21)14-22-17-6-2-1-5-16(17)20-18(22)8-7-15-4-3-11-25-15/h1-8,11H,9-10,12-14H2/b8-7+. The molecule has 0 unspecified atom stereocenters. The first-order valence-electron chi connectivity index (χ1n) is 8.33. The van der Waals surface area contributed by atoms with Gasteiger partial charge in [-0.2, -0.15) is 0 Å². The largest absolute Gasteiger partial charge is 0.465 e. The molecule has 1 amide bonds. The van der Waals surface area contributed by atoms with E-state index in [2.05, 4.69) is 4.98 Å². The van der Waals surface area contributed by atoms with Crippen LogP contribution in [0.2, 0.25) is 0 Å². The molecular weight excluding hydrogens is 318 g/mol. The van der Waals surface area contributed by atoms with Crippen LogP contribution in [-0.4, -0.2) is 46.7 Å². The molecule has 3 heterocycles. The molecule has 1 aromatic carbocycles. The van der Waals surface area contributed by atoms with E-state index in [1.165, 1.54) is 0 Å². The molecule has 1 fully saturated rings. The predicted molar refractivity (Wildman–Crippen MR) is 94.8 cm³/mol. The Morgan fingerprint density at radius 2 is 1.96 bits per heavy atom. The Kier molecular flexibility index (Phi) is 4.35. The smallest absolute Gasteiger partial charge is 0.242 e. The monoisotopic (exact) mass is 337 g/mol. The molecule has 0 atom stereocenters. The van der Waals surface area contributed by atoms with Gasteiger partial charge in [-0.1, -0.05) is 12.1 Å². The summed E-state index contributed by atoms with van der Waals surface area (Å²) in [6.07, 6.45) is 5.37. The average Bonchev–Trinajstić information content (AvgIpc) is 3.29. The van der Waals surface area contributed by atoms with Gasteiger partial charge >= 0.3 is 0 Å². The van der Waals surface area contributed by atoms with Gasteiger partial charge in [0.1, 0.15) is 18.1 Å². The number of rotatable bonds is 4. The molecule has 1 aliphatic rings. The second-order valence-electron chi connectivity index (χ2n) is 5.89. The normalized spacial score (nSPS) is 15.3. The summed E-state index contributed by atoms with van der Waals surface area (Å²) >= 11 is 0. The Balaban J connectivity index is 1.65. The van der Waals surface area contributed by atoms with Gasteiger partial charge in [-0.15, -0.1) is 0 Å². The van der Waals surface area contributed by atoms with Gasteiger partial charge in [0.15, 0.2) is 0 Å². The average molecular weight is 337 g/mol. The minimum Gasteiger partial charge on any atom is -0.465 e. The molecule has 0 saturated carbocycles. The third-order valence-corrected chi connectivity index (χ3v) is 4.28. The van der Waals surface area contributed by atoms with Crippen molar-refractivity contribution < 1.29 is 13.9 Å². The summed E-state index contributed by atoms with van der Waals surface area (Å²) < 4.78 is 12.6. The number of ether oxygens (including phenoxy) is 1. The lowest BCUT2D eigenvalue weighted by molar-refractivity contribution is -0.135. The van der Waals surface area contributed by atoms with E-state index in [-0.39, 0.29) is 12.5 Å². The van der Waals surface area contributed by atoms with Crippen molar-refractivity contribution in [3.05, 3.63) is 54.2 Å². The number of aromatic nitrogens is 2. The maximum Gasteiger partial charge on any atom is 0.242 e. The first kappa shape index (κ1) is 15.7. The van der Waals surface area contributed by atoms with Crippen LogP contribution in [0.25, 0.3) is 23.2 Å². The predicted octanol–water partition coefficient (Wildman–Crippen LogP) is 2.66. The fourth-order valence-electron chi connectivity index (χ4n) is 2.98. The van der Waals surface area contributed by atoms with Gasteiger partial charge in [0.05, 0.1) is 30.5 Å². The molecule has 0 bridgehead atoms. The number of furan rings is 1. The van der Waals surface area contributed by atoms with Crippen molar-refractivity contribution in [3.63, 3.8) is 0 Å². The number of imidazole rings is 1. The molecule has 1 saturated heterocycles. The SMILES string of the molecule is O=C(Cn1c(/C=C/c2ccco2)nc2ccccc21)N1CCOCC1. The lowest BCUT2D eigenvalue weighted by atomic mass is 10.3. The summed E-state index contributed by atoms with van der Waals surface area (Å²) in [5, 5.41) is 0. The number of amides is 1. The first-order chi connectivity index (χ1) is 12.3. The van der Waals surface area contributed by atoms with Crippen LogP contribution in [-0.2, 0) is 16.1 Å². The van der Waals surface area contributed by atoms with Crippen molar-refractivity contribution in [3.8, 4) is 0 Å². The van der Waals surface area contributed by atoms with E-state index >= 15 is 0 Å². The number of benzene rings is 1. The van der Waals surface area contributed by atoms with E-state index in [1.54, 1.807) is 6.26 Å². The fourth-order valence-corrected chi connectivity index (χ4v) is 2.98. The Bertz CT molecular complexity index is 890. The molecule has 1 aliphatic heterocycles. The van der Waals surface area contributed by atoms with Crippen molar-refractivity contribution in [2.75, 3.05) is 26.3 Å². The molecule has 0 aliphatic carbocycles. The molecule has 128 valence electrons. The summed E-state index contributed by atoms with van der Waals surface area (Å²) in [5.74, 6) is 1.57. The van der Waals surface area contributed by atoms with Gasteiger partial charge in [0, 0.05) is 13.1 Å². The Labute approximate surface area is 145 Å². The number of morpholine rings is 1. The summed E-state index contributed by atoms with van der Waals surface area (Å²) in [7, 11) is 0. The zero-order valence-electron chi connectivity index (χ0n) is 13.8. The number of para-hydroxylation sites is 2. The molecule has 3 aromatic rings. The van der Waals surface area contributed by atoms with Crippen molar-refractivity contribution in [2.45, 2.75) is 6.54 Å². The van der Waals surface area contributed by atoms with Gasteiger partial charge in [-0.05, 0) is 36.4 Å². The maximum atomic E-state index is 12.7. The topological polar surface area (TPSA) is 60.5 Å². The zero-order valence-corrected chi connectivity index (χ0v) is 13.8. The molecule has 0 radical (unpaired) electrons. The molecule has 2 aromatic heterocycles. The van der Waals surface area contributed by atoms with Crippen LogP contribution in [0.15, 0.2) is 47.1 Å². The first-order valence-corrected chi connectivity index (χ1v) is 8.33. The summed E-state index contributed by atoms with van der Waals surface area (Å²) in [5.41, 5.74) is 1.82. The molecule has 0 spiro atoms. The molecular formula is C19H19N3O3. The van der Waals surface area contributed by atoms with E-state index in [0.717, 1.165) is 22.6 Å². The van der Waals surface area contributed by atoms with E-state index in [1.807, 2.05) is 58.0 Å². The van der Waals surface area contributed by atoms with Gasteiger partial charge in [-0.25, -0.2) is 4.98 Å². The highest BCUT2D eigenvalue weighted by atomic mass is 16.5. The van der Waals surface area contributed by atoms with Crippen LogP contribution in [0.5, 0.6) is 0 Å². The highest BCUT2D eigenvalue weighted by Gasteiger charge is 2.19. The number of carbonyl (C=O) groups is 1. The summed E-state index contributed by atoms with van der Waals surface area (Å²) in [6.45, 7) is 2.74. The number of hydrogen-bond donors (Lipinski definition) is 0. The zero-order chi connectivity index (χ0) is 17.1. The van der Waals surface area contributed by atoms with E-state index < -0.39 is 0 Å². The van der Waals surface area contributed by atoms with Crippen LogP contribution < -0.4 is 0 Å². The Morgan fingerprint density at radius 1 is 1.12 bits per heavy atom. The van der Waals surface area contributed by atoms with E-state index in [9.17, 15) is 4.79 Å². The summed E-state index contributed by atoms with van der Waals surface area (Å²) in [4.78, 5) is 19.2. The number of hydrogen-bond acceptors (Lipinski definition) is 4. The van der Waals surface area contributed by atoms with Crippen LogP contribution in [0, 0.1) is 0 Å². The number of fused-ring (bicyclic) bond motifs is 1. The maximum absolute atomic E-state index is 12.7. The van der Waals surface area contributed by atoms with E-state index in [0.29, 0.717) is 26.3 Å². The van der Waals surface area contributed by atoms with Crippen LogP contribution in [0.3, 0.4) is 0 Å². The second kappa shape index (κ2) is 6.94. The fraction of sp³-hybridized carbons (Fsp3) is 0.263.